The molecular weight excluding hydrogens is 310 g/mol. The molecule has 1 amide bonds. The van der Waals surface area contributed by atoms with Crippen molar-refractivity contribution < 1.29 is 4.79 Å². The quantitative estimate of drug-likeness (QED) is 0.410. The van der Waals surface area contributed by atoms with Gasteiger partial charge in [0.1, 0.15) is 0 Å². The molecule has 0 aliphatic heterocycles. The highest BCUT2D eigenvalue weighted by Crippen LogP contribution is 2.17. The molecule has 4 heteroatoms. The van der Waals surface area contributed by atoms with Gasteiger partial charge in [0.05, 0.1) is 5.75 Å². The summed E-state index contributed by atoms with van der Waals surface area (Å²) in [5.41, 5.74) is 0. The van der Waals surface area contributed by atoms with Gasteiger partial charge >= 0.3 is 0 Å². The highest BCUT2D eigenvalue weighted by atomic mass is 79.9. The number of nitrogens with zero attached hydrogens (tertiary/aromatic N) is 1. The molecule has 0 fully saturated rings. The number of carbonyl (C=O) groups excluding carboxylic acids is 1. The molecule has 0 aromatic heterocycles. The van der Waals surface area contributed by atoms with Gasteiger partial charge < -0.3 is 4.90 Å². The second-order valence-electron chi connectivity index (χ2n) is 4.17. The molecule has 100 valence electrons. The first kappa shape index (κ1) is 15.6. The Morgan fingerprint density at radius 3 is 2.61 bits per heavy atom. The van der Waals surface area contributed by atoms with Crippen molar-refractivity contribution in [2.24, 2.45) is 0 Å². The second kappa shape index (κ2) is 9.45. The first-order chi connectivity index (χ1) is 8.74. The zero-order valence-electron chi connectivity index (χ0n) is 10.8. The second-order valence-corrected chi connectivity index (χ2v) is 6.01. The molecule has 0 saturated carbocycles. The minimum absolute atomic E-state index is 0.211. The standard InChI is InChI=1S/C14H20BrNOS/c1-16(11-7-3-6-10-15)14(17)12-18-13-8-4-2-5-9-13/h2,4-5,8-9H,3,6-7,10-12H2,1H3. The zero-order chi connectivity index (χ0) is 13.2. The van der Waals surface area contributed by atoms with Crippen LogP contribution < -0.4 is 0 Å². The van der Waals surface area contributed by atoms with E-state index in [-0.39, 0.29) is 5.91 Å². The van der Waals surface area contributed by atoms with Crippen LogP contribution in [0.3, 0.4) is 0 Å². The number of alkyl halides is 1. The van der Waals surface area contributed by atoms with Crippen LogP contribution in [-0.4, -0.2) is 35.5 Å². The Bertz CT molecular complexity index is 345. The van der Waals surface area contributed by atoms with Crippen molar-refractivity contribution in [1.29, 1.82) is 0 Å². The fourth-order valence-electron chi connectivity index (χ4n) is 1.52. The molecule has 0 atom stereocenters. The predicted octanol–water partition coefficient (Wildman–Crippen LogP) is 3.80. The summed E-state index contributed by atoms with van der Waals surface area (Å²) in [5.74, 6) is 0.738. The number of amides is 1. The van der Waals surface area contributed by atoms with Crippen LogP contribution in [0, 0.1) is 0 Å². The summed E-state index contributed by atoms with van der Waals surface area (Å²) in [7, 11) is 1.89. The maximum absolute atomic E-state index is 11.9. The monoisotopic (exact) mass is 329 g/mol. The van der Waals surface area contributed by atoms with Crippen LogP contribution in [0.25, 0.3) is 0 Å². The number of halogens is 1. The van der Waals surface area contributed by atoms with Crippen LogP contribution in [0.2, 0.25) is 0 Å². The van der Waals surface area contributed by atoms with Gasteiger partial charge in [-0.1, -0.05) is 40.5 Å². The van der Waals surface area contributed by atoms with Gasteiger partial charge in [0.25, 0.3) is 0 Å². The lowest BCUT2D eigenvalue weighted by Gasteiger charge is -2.16. The highest BCUT2D eigenvalue weighted by molar-refractivity contribution is 9.09. The first-order valence-corrected chi connectivity index (χ1v) is 8.32. The third kappa shape index (κ3) is 6.45. The minimum atomic E-state index is 0.211. The third-order valence-corrected chi connectivity index (χ3v) is 4.22. The smallest absolute Gasteiger partial charge is 0.232 e. The Morgan fingerprint density at radius 2 is 1.94 bits per heavy atom. The summed E-state index contributed by atoms with van der Waals surface area (Å²) < 4.78 is 0. The van der Waals surface area contributed by atoms with E-state index < -0.39 is 0 Å². The molecule has 0 bridgehead atoms. The molecule has 0 N–H and O–H groups in total. The van der Waals surface area contributed by atoms with Crippen molar-refractivity contribution in [2.45, 2.75) is 24.2 Å². The molecule has 2 nitrogen and oxygen atoms in total. The Morgan fingerprint density at radius 1 is 1.22 bits per heavy atom. The SMILES string of the molecule is CN(CCCCCBr)C(=O)CSc1ccccc1. The molecule has 0 aliphatic rings. The van der Waals surface area contributed by atoms with Gasteiger partial charge in [-0.15, -0.1) is 11.8 Å². The van der Waals surface area contributed by atoms with Gasteiger partial charge in [-0.2, -0.15) is 0 Å². The Kier molecular flexibility index (Phi) is 8.18. The molecule has 0 spiro atoms. The Hall–Kier alpha value is -0.480. The number of thioether (sulfide) groups is 1. The van der Waals surface area contributed by atoms with Crippen molar-refractivity contribution in [2.75, 3.05) is 24.7 Å². The van der Waals surface area contributed by atoms with Gasteiger partial charge in [0.15, 0.2) is 0 Å². The van der Waals surface area contributed by atoms with E-state index in [9.17, 15) is 4.79 Å². The topological polar surface area (TPSA) is 20.3 Å². The van der Waals surface area contributed by atoms with E-state index in [1.165, 1.54) is 12.8 Å². The Balaban J connectivity index is 2.19. The van der Waals surface area contributed by atoms with Gasteiger partial charge in [0, 0.05) is 23.8 Å². The number of hydrogen-bond acceptors (Lipinski definition) is 2. The molecule has 18 heavy (non-hydrogen) atoms. The fraction of sp³-hybridized carbons (Fsp3) is 0.500. The Labute approximate surface area is 122 Å². The lowest BCUT2D eigenvalue weighted by atomic mass is 10.2. The average Bonchev–Trinajstić information content (AvgIpc) is 2.42. The molecule has 1 aromatic carbocycles. The normalized spacial score (nSPS) is 10.3. The van der Waals surface area contributed by atoms with Crippen LogP contribution in [0.1, 0.15) is 19.3 Å². The van der Waals surface area contributed by atoms with Gasteiger partial charge in [-0.25, -0.2) is 0 Å². The molecule has 0 heterocycles. The van der Waals surface area contributed by atoms with Crippen LogP contribution >= 0.6 is 27.7 Å². The number of carbonyl (C=O) groups is 1. The molecule has 0 unspecified atom stereocenters. The lowest BCUT2D eigenvalue weighted by Crippen LogP contribution is -2.29. The van der Waals surface area contributed by atoms with E-state index in [2.05, 4.69) is 15.9 Å². The van der Waals surface area contributed by atoms with Crippen LogP contribution in [0.15, 0.2) is 35.2 Å². The van der Waals surface area contributed by atoms with E-state index in [4.69, 9.17) is 0 Å². The zero-order valence-corrected chi connectivity index (χ0v) is 13.2. The van der Waals surface area contributed by atoms with Crippen molar-refractivity contribution >= 4 is 33.6 Å². The number of rotatable bonds is 8. The molecule has 0 aliphatic carbocycles. The highest BCUT2D eigenvalue weighted by Gasteiger charge is 2.08. The van der Waals surface area contributed by atoms with E-state index >= 15 is 0 Å². The number of hydrogen-bond donors (Lipinski definition) is 0. The number of benzene rings is 1. The van der Waals surface area contributed by atoms with Crippen molar-refractivity contribution in [3.8, 4) is 0 Å². The van der Waals surface area contributed by atoms with Crippen molar-refractivity contribution in [3.63, 3.8) is 0 Å². The van der Waals surface area contributed by atoms with Gasteiger partial charge in [0.2, 0.25) is 5.91 Å². The molecule has 0 radical (unpaired) electrons. The maximum Gasteiger partial charge on any atom is 0.232 e. The number of unbranched alkanes of at least 4 members (excludes halogenated alkanes) is 2. The lowest BCUT2D eigenvalue weighted by molar-refractivity contribution is -0.127. The third-order valence-electron chi connectivity index (χ3n) is 2.66. The van der Waals surface area contributed by atoms with E-state index in [1.807, 2.05) is 42.3 Å². The maximum atomic E-state index is 11.9. The van der Waals surface area contributed by atoms with Crippen LogP contribution in [0.5, 0.6) is 0 Å². The average molecular weight is 330 g/mol. The van der Waals surface area contributed by atoms with Crippen LogP contribution in [-0.2, 0) is 4.79 Å². The van der Waals surface area contributed by atoms with E-state index in [0.29, 0.717) is 5.75 Å². The summed E-state index contributed by atoms with van der Waals surface area (Å²) in [5, 5.41) is 1.05. The summed E-state index contributed by atoms with van der Waals surface area (Å²) in [6.45, 7) is 0.862. The summed E-state index contributed by atoms with van der Waals surface area (Å²) in [6.07, 6.45) is 3.44. The van der Waals surface area contributed by atoms with Crippen LogP contribution in [0.4, 0.5) is 0 Å². The van der Waals surface area contributed by atoms with E-state index in [1.54, 1.807) is 11.8 Å². The van der Waals surface area contributed by atoms with Gasteiger partial charge in [-0.3, -0.25) is 4.79 Å². The fourth-order valence-corrected chi connectivity index (χ4v) is 2.77. The summed E-state index contributed by atoms with van der Waals surface area (Å²) in [4.78, 5) is 14.9. The molecule has 1 rings (SSSR count). The molecule has 1 aromatic rings. The summed E-state index contributed by atoms with van der Waals surface area (Å²) in [6, 6.07) is 10.1. The first-order valence-electron chi connectivity index (χ1n) is 6.22. The minimum Gasteiger partial charge on any atom is -0.345 e. The van der Waals surface area contributed by atoms with Crippen molar-refractivity contribution in [3.05, 3.63) is 30.3 Å². The largest absolute Gasteiger partial charge is 0.345 e. The molecule has 0 saturated heterocycles. The van der Waals surface area contributed by atoms with E-state index in [0.717, 1.165) is 23.2 Å². The predicted molar refractivity (Wildman–Crippen MR) is 82.4 cm³/mol. The summed E-state index contributed by atoms with van der Waals surface area (Å²) >= 11 is 5.01. The molecular formula is C14H20BrNOS. The van der Waals surface area contributed by atoms with Gasteiger partial charge in [-0.05, 0) is 25.0 Å². The van der Waals surface area contributed by atoms with Crippen molar-refractivity contribution in [1.82, 2.24) is 4.90 Å².